The summed E-state index contributed by atoms with van der Waals surface area (Å²) in [6.45, 7) is 2.87. The number of methoxy groups -OCH3 is 1. The normalized spacial score (nSPS) is 14.6. The topological polar surface area (TPSA) is 50.4 Å². The fourth-order valence-corrected chi connectivity index (χ4v) is 4.87. The van der Waals surface area contributed by atoms with Crippen LogP contribution in [-0.4, -0.2) is 50.8 Å². The van der Waals surface area contributed by atoms with E-state index < -0.39 is 0 Å². The van der Waals surface area contributed by atoms with Gasteiger partial charge in [-0.05, 0) is 17.7 Å². The van der Waals surface area contributed by atoms with Crippen LogP contribution in [0.5, 0.6) is 0 Å². The average Bonchev–Trinajstić information content (AvgIpc) is 3.05. The third kappa shape index (κ3) is 6.38. The maximum absolute atomic E-state index is 12.0. The van der Waals surface area contributed by atoms with Crippen LogP contribution in [0.3, 0.4) is 0 Å². The molecule has 0 aromatic heterocycles. The number of hydrogen-bond donors (Lipinski definition) is 2. The van der Waals surface area contributed by atoms with Gasteiger partial charge in [0.15, 0.2) is 0 Å². The van der Waals surface area contributed by atoms with Crippen LogP contribution in [0.1, 0.15) is 20.5 Å². The highest BCUT2D eigenvalue weighted by Crippen LogP contribution is 2.45. The van der Waals surface area contributed by atoms with Crippen LogP contribution in [0.4, 0.5) is 0 Å². The Morgan fingerprint density at radius 1 is 1.18 bits per heavy atom. The third-order valence-electron chi connectivity index (χ3n) is 3.14. The monoisotopic (exact) mass is 362 g/mol. The molecule has 1 aromatic carbocycles. The zero-order chi connectivity index (χ0) is 14.9. The number of halogens is 1. The summed E-state index contributed by atoms with van der Waals surface area (Å²) in [6.07, 6.45) is 0. The van der Waals surface area contributed by atoms with Gasteiger partial charge in [0.25, 0.3) is 5.91 Å². The lowest BCUT2D eigenvalue weighted by atomic mass is 10.1. The van der Waals surface area contributed by atoms with E-state index in [9.17, 15) is 4.79 Å². The molecule has 2 rings (SSSR count). The van der Waals surface area contributed by atoms with Gasteiger partial charge in [-0.15, -0.1) is 35.9 Å². The van der Waals surface area contributed by atoms with Gasteiger partial charge in [-0.1, -0.05) is 12.1 Å². The fourth-order valence-electron chi connectivity index (χ4n) is 2.01. The summed E-state index contributed by atoms with van der Waals surface area (Å²) in [5.41, 5.74) is 2.03. The second-order valence-corrected chi connectivity index (χ2v) is 7.42. The van der Waals surface area contributed by atoms with Crippen molar-refractivity contribution in [2.75, 3.05) is 44.9 Å². The Bertz CT molecular complexity index is 440. The molecule has 0 aliphatic carbocycles. The van der Waals surface area contributed by atoms with E-state index in [2.05, 4.69) is 22.8 Å². The number of carbonyl (C=O) groups excluding carboxylic acids is 1. The van der Waals surface area contributed by atoms with Crippen molar-refractivity contribution >= 4 is 41.8 Å². The van der Waals surface area contributed by atoms with Gasteiger partial charge in [0.2, 0.25) is 0 Å². The molecule has 1 fully saturated rings. The minimum atomic E-state index is -0.0122. The van der Waals surface area contributed by atoms with Crippen LogP contribution >= 0.6 is 35.9 Å². The highest BCUT2D eigenvalue weighted by atomic mass is 35.5. The number of amides is 1. The molecule has 4 nitrogen and oxygen atoms in total. The van der Waals surface area contributed by atoms with Crippen LogP contribution in [0.25, 0.3) is 0 Å². The Kier molecular flexibility index (Phi) is 9.99. The van der Waals surface area contributed by atoms with Gasteiger partial charge in [-0.3, -0.25) is 4.79 Å². The first-order chi connectivity index (χ1) is 10.3. The number of thioether (sulfide) groups is 2. The number of benzene rings is 1. The van der Waals surface area contributed by atoms with Crippen molar-refractivity contribution in [2.24, 2.45) is 0 Å². The average molecular weight is 363 g/mol. The lowest BCUT2D eigenvalue weighted by Gasteiger charge is -2.10. The number of carbonyl (C=O) groups is 1. The van der Waals surface area contributed by atoms with Gasteiger partial charge >= 0.3 is 0 Å². The van der Waals surface area contributed by atoms with Crippen molar-refractivity contribution in [3.05, 3.63) is 35.4 Å². The lowest BCUT2D eigenvalue weighted by molar-refractivity contribution is 0.0953. The van der Waals surface area contributed by atoms with Crippen LogP contribution in [-0.2, 0) is 4.74 Å². The molecule has 1 heterocycles. The Balaban J connectivity index is 0.00000242. The van der Waals surface area contributed by atoms with E-state index in [1.165, 1.54) is 17.1 Å². The predicted molar refractivity (Wildman–Crippen MR) is 98.4 cm³/mol. The SMILES string of the molecule is COCCNCCNC(=O)c1ccc(C2SCCS2)cc1.Cl. The molecule has 0 radical (unpaired) electrons. The van der Waals surface area contributed by atoms with Crippen molar-refractivity contribution in [3.8, 4) is 0 Å². The Hall–Kier alpha value is -0.400. The number of hydrogen-bond acceptors (Lipinski definition) is 5. The van der Waals surface area contributed by atoms with Crippen LogP contribution in [0.15, 0.2) is 24.3 Å². The van der Waals surface area contributed by atoms with Crippen molar-refractivity contribution in [3.63, 3.8) is 0 Å². The third-order valence-corrected chi connectivity index (χ3v) is 6.24. The van der Waals surface area contributed by atoms with Crippen molar-refractivity contribution < 1.29 is 9.53 Å². The summed E-state index contributed by atoms with van der Waals surface area (Å²) in [5.74, 6) is 2.42. The Morgan fingerprint density at radius 3 is 2.50 bits per heavy atom. The molecular formula is C15H23ClN2O2S2. The summed E-state index contributed by atoms with van der Waals surface area (Å²) in [6, 6.07) is 7.98. The first-order valence-electron chi connectivity index (χ1n) is 7.12. The van der Waals surface area contributed by atoms with Gasteiger partial charge in [0, 0.05) is 43.8 Å². The van der Waals surface area contributed by atoms with Gasteiger partial charge in [-0.25, -0.2) is 0 Å². The molecule has 0 saturated carbocycles. The van der Waals surface area contributed by atoms with E-state index in [1.807, 2.05) is 35.7 Å². The molecule has 1 aliphatic rings. The van der Waals surface area contributed by atoms with Crippen LogP contribution in [0.2, 0.25) is 0 Å². The molecule has 2 N–H and O–H groups in total. The second-order valence-electron chi connectivity index (χ2n) is 4.69. The molecule has 1 saturated heterocycles. The molecule has 22 heavy (non-hydrogen) atoms. The van der Waals surface area contributed by atoms with Crippen molar-refractivity contribution in [2.45, 2.75) is 4.58 Å². The first-order valence-corrected chi connectivity index (χ1v) is 9.22. The van der Waals surface area contributed by atoms with E-state index >= 15 is 0 Å². The Morgan fingerprint density at radius 2 is 1.86 bits per heavy atom. The fraction of sp³-hybridized carbons (Fsp3) is 0.533. The smallest absolute Gasteiger partial charge is 0.251 e. The number of nitrogens with one attached hydrogen (secondary N) is 2. The van der Waals surface area contributed by atoms with E-state index in [1.54, 1.807) is 7.11 Å². The van der Waals surface area contributed by atoms with Gasteiger partial charge in [0.1, 0.15) is 0 Å². The maximum atomic E-state index is 12.0. The maximum Gasteiger partial charge on any atom is 0.251 e. The van der Waals surface area contributed by atoms with E-state index in [-0.39, 0.29) is 18.3 Å². The van der Waals surface area contributed by atoms with Crippen molar-refractivity contribution in [1.82, 2.24) is 10.6 Å². The molecule has 0 unspecified atom stereocenters. The minimum Gasteiger partial charge on any atom is -0.383 e. The predicted octanol–water partition coefficient (Wildman–Crippen LogP) is 2.55. The highest BCUT2D eigenvalue weighted by Gasteiger charge is 2.18. The second kappa shape index (κ2) is 11.2. The van der Waals surface area contributed by atoms with Gasteiger partial charge in [0.05, 0.1) is 11.2 Å². The lowest BCUT2D eigenvalue weighted by Crippen LogP contribution is -2.33. The van der Waals surface area contributed by atoms with E-state index in [4.69, 9.17) is 4.74 Å². The molecule has 1 aromatic rings. The van der Waals surface area contributed by atoms with Gasteiger partial charge < -0.3 is 15.4 Å². The van der Waals surface area contributed by atoms with E-state index in [0.717, 1.165) is 18.7 Å². The summed E-state index contributed by atoms with van der Waals surface area (Å²) in [5, 5.41) is 6.11. The molecule has 1 amide bonds. The van der Waals surface area contributed by atoms with Gasteiger partial charge in [-0.2, -0.15) is 0 Å². The number of rotatable bonds is 8. The molecule has 0 atom stereocenters. The molecular weight excluding hydrogens is 340 g/mol. The van der Waals surface area contributed by atoms with Crippen LogP contribution in [0, 0.1) is 0 Å². The first kappa shape index (κ1) is 19.6. The standard InChI is InChI=1S/C15H22N2O2S2.ClH/c1-19-9-8-16-6-7-17-14(18)12-2-4-13(5-3-12)15-20-10-11-21-15;/h2-5,15-16H,6-11H2,1H3,(H,17,18);1H. The minimum absolute atomic E-state index is 0. The summed E-state index contributed by atoms with van der Waals surface area (Å²) in [7, 11) is 1.68. The molecule has 7 heteroatoms. The van der Waals surface area contributed by atoms with Crippen molar-refractivity contribution in [1.29, 1.82) is 0 Å². The largest absolute Gasteiger partial charge is 0.383 e. The summed E-state index contributed by atoms with van der Waals surface area (Å²) >= 11 is 3.95. The quantitative estimate of drug-likeness (QED) is 0.696. The Labute approximate surface area is 146 Å². The summed E-state index contributed by atoms with van der Waals surface area (Å²) < 4.78 is 5.47. The molecule has 124 valence electrons. The number of ether oxygens (including phenoxy) is 1. The highest BCUT2D eigenvalue weighted by molar-refractivity contribution is 8.19. The summed E-state index contributed by atoms with van der Waals surface area (Å²) in [4.78, 5) is 12.0. The van der Waals surface area contributed by atoms with E-state index in [0.29, 0.717) is 17.7 Å². The molecule has 0 spiro atoms. The zero-order valence-corrected chi connectivity index (χ0v) is 15.1. The molecule has 0 bridgehead atoms. The zero-order valence-electron chi connectivity index (χ0n) is 12.7. The van der Waals surface area contributed by atoms with Crippen LogP contribution < -0.4 is 10.6 Å². The molecule has 1 aliphatic heterocycles.